The lowest BCUT2D eigenvalue weighted by atomic mass is 10.2. The van der Waals surface area contributed by atoms with E-state index >= 15 is 0 Å². The van der Waals surface area contributed by atoms with Crippen molar-refractivity contribution in [1.82, 2.24) is 4.98 Å². The Kier molecular flexibility index (Phi) is 5.14. The molecule has 1 aromatic heterocycles. The fraction of sp³-hybridized carbons (Fsp3) is 0.556. The number of aromatic nitrogens is 1. The van der Waals surface area contributed by atoms with Crippen molar-refractivity contribution < 1.29 is 9.53 Å². The Morgan fingerprint density at radius 3 is 3.12 bits per heavy atom. The summed E-state index contributed by atoms with van der Waals surface area (Å²) in [4.78, 5) is 16.7. The third-order valence-electron chi connectivity index (χ3n) is 2.11. The molecule has 0 aliphatic carbocycles. The van der Waals surface area contributed by atoms with Crippen molar-refractivity contribution >= 4 is 34.8 Å². The molecule has 0 unspecified atom stereocenters. The van der Waals surface area contributed by atoms with Crippen LogP contribution in [0, 0.1) is 0 Å². The number of nitrogens with two attached hydrogens (primary N) is 1. The second kappa shape index (κ2) is 6.15. The summed E-state index contributed by atoms with van der Waals surface area (Å²) in [6.45, 7) is 1.69. The monoisotopic (exact) mass is 263 g/mol. The zero-order chi connectivity index (χ0) is 10.7. The molecule has 2 heterocycles. The summed E-state index contributed by atoms with van der Waals surface area (Å²) < 4.78 is 5.30. The van der Waals surface area contributed by atoms with Gasteiger partial charge in [0.15, 0.2) is 5.13 Å². The van der Waals surface area contributed by atoms with Crippen LogP contribution >= 0.6 is 23.7 Å². The summed E-state index contributed by atoms with van der Waals surface area (Å²) >= 11 is 1.48. The van der Waals surface area contributed by atoms with Gasteiger partial charge in [-0.05, 0) is 0 Å². The number of anilines is 1. The van der Waals surface area contributed by atoms with Crippen LogP contribution in [0.4, 0.5) is 5.13 Å². The van der Waals surface area contributed by atoms with Crippen molar-refractivity contribution in [2.45, 2.75) is 19.4 Å². The van der Waals surface area contributed by atoms with Crippen LogP contribution in [-0.4, -0.2) is 24.0 Å². The highest BCUT2D eigenvalue weighted by molar-refractivity contribution is 7.15. The van der Waals surface area contributed by atoms with Crippen molar-refractivity contribution in [3.8, 4) is 0 Å². The maximum absolute atomic E-state index is 11.3. The van der Waals surface area contributed by atoms with E-state index in [1.54, 1.807) is 0 Å². The normalized spacial score (nSPS) is 13.8. The van der Waals surface area contributed by atoms with E-state index in [1.807, 2.05) is 0 Å². The van der Waals surface area contributed by atoms with Gasteiger partial charge in [0, 0.05) is 19.4 Å². The van der Waals surface area contributed by atoms with Gasteiger partial charge in [-0.3, -0.25) is 4.79 Å². The molecule has 1 amide bonds. The zero-order valence-electron chi connectivity index (χ0n) is 8.69. The van der Waals surface area contributed by atoms with Crippen molar-refractivity contribution in [2.75, 3.05) is 18.5 Å². The highest BCUT2D eigenvalue weighted by atomic mass is 35.5. The highest BCUT2D eigenvalue weighted by Gasteiger charge is 2.16. The number of nitrogens with one attached hydrogen (secondary N) is 1. The predicted molar refractivity (Wildman–Crippen MR) is 65.0 cm³/mol. The molecule has 0 saturated heterocycles. The zero-order valence-corrected chi connectivity index (χ0v) is 10.3. The first-order valence-corrected chi connectivity index (χ1v) is 5.67. The molecule has 2 rings (SSSR count). The average Bonchev–Trinajstić information content (AvgIpc) is 2.59. The number of hydrogen-bond acceptors (Lipinski definition) is 5. The molecule has 1 aliphatic heterocycles. The van der Waals surface area contributed by atoms with Crippen LogP contribution < -0.4 is 11.1 Å². The first-order valence-electron chi connectivity index (χ1n) is 4.86. The lowest BCUT2D eigenvalue weighted by Gasteiger charge is -2.08. The number of amides is 1. The minimum atomic E-state index is -0.0792. The molecule has 0 atom stereocenters. The summed E-state index contributed by atoms with van der Waals surface area (Å²) in [5.41, 5.74) is 6.33. The van der Waals surface area contributed by atoms with Crippen molar-refractivity contribution in [3.05, 3.63) is 10.6 Å². The van der Waals surface area contributed by atoms with Gasteiger partial charge in [0.2, 0.25) is 5.91 Å². The molecule has 0 aromatic carbocycles. The maximum Gasteiger partial charge on any atom is 0.227 e. The van der Waals surface area contributed by atoms with E-state index in [-0.39, 0.29) is 18.3 Å². The standard InChI is InChI=1S/C9H13N3O2S.ClH/c10-3-1-8(13)12-9-11-6-2-4-14-5-7(6)15-9;/h1-5,10H2,(H,11,12,13);1H. The molecule has 1 aromatic rings. The molecule has 90 valence electrons. The molecule has 0 radical (unpaired) electrons. The van der Waals surface area contributed by atoms with Gasteiger partial charge in [0.1, 0.15) is 0 Å². The van der Waals surface area contributed by atoms with Crippen LogP contribution in [0.15, 0.2) is 0 Å². The highest BCUT2D eigenvalue weighted by Crippen LogP contribution is 2.26. The molecule has 16 heavy (non-hydrogen) atoms. The lowest BCUT2D eigenvalue weighted by molar-refractivity contribution is -0.116. The second-order valence-corrected chi connectivity index (χ2v) is 4.36. The van der Waals surface area contributed by atoms with Gasteiger partial charge in [-0.15, -0.1) is 12.4 Å². The van der Waals surface area contributed by atoms with E-state index < -0.39 is 0 Å². The Bertz CT molecular complexity index is 346. The van der Waals surface area contributed by atoms with Gasteiger partial charge in [-0.25, -0.2) is 4.98 Å². The number of ether oxygens (including phenoxy) is 1. The Morgan fingerprint density at radius 2 is 2.44 bits per heavy atom. The second-order valence-electron chi connectivity index (χ2n) is 3.28. The summed E-state index contributed by atoms with van der Waals surface area (Å²) in [6, 6.07) is 0. The van der Waals surface area contributed by atoms with Gasteiger partial charge < -0.3 is 15.8 Å². The molecule has 7 heteroatoms. The Balaban J connectivity index is 0.00000128. The summed E-state index contributed by atoms with van der Waals surface area (Å²) in [5.74, 6) is -0.0792. The summed E-state index contributed by atoms with van der Waals surface area (Å²) in [7, 11) is 0. The Morgan fingerprint density at radius 1 is 1.62 bits per heavy atom. The van der Waals surface area contributed by atoms with Crippen LogP contribution in [0.1, 0.15) is 17.0 Å². The van der Waals surface area contributed by atoms with Crippen molar-refractivity contribution in [1.29, 1.82) is 0 Å². The molecule has 3 N–H and O–H groups in total. The van der Waals surface area contributed by atoms with E-state index in [9.17, 15) is 4.79 Å². The van der Waals surface area contributed by atoms with Crippen molar-refractivity contribution in [2.24, 2.45) is 5.73 Å². The van der Waals surface area contributed by atoms with Gasteiger partial charge in [-0.1, -0.05) is 11.3 Å². The number of thiazole rings is 1. The van der Waals surface area contributed by atoms with Gasteiger partial charge in [0.05, 0.1) is 23.8 Å². The fourth-order valence-corrected chi connectivity index (χ4v) is 2.35. The topological polar surface area (TPSA) is 77.2 Å². The van der Waals surface area contributed by atoms with Crippen LogP contribution in [-0.2, 0) is 22.6 Å². The number of fused-ring (bicyclic) bond motifs is 1. The third-order valence-corrected chi connectivity index (χ3v) is 3.10. The number of hydrogen-bond donors (Lipinski definition) is 2. The summed E-state index contributed by atoms with van der Waals surface area (Å²) in [5, 5.41) is 3.39. The Hall–Kier alpha value is -0.690. The van der Waals surface area contributed by atoms with Crippen molar-refractivity contribution in [3.63, 3.8) is 0 Å². The third kappa shape index (κ3) is 3.15. The molecule has 0 saturated carbocycles. The lowest BCUT2D eigenvalue weighted by Crippen LogP contribution is -2.16. The number of nitrogens with zero attached hydrogens (tertiary/aromatic N) is 1. The smallest absolute Gasteiger partial charge is 0.227 e. The minimum absolute atomic E-state index is 0. The molecule has 0 fully saturated rings. The SMILES string of the molecule is Cl.NCCC(=O)Nc1nc2c(s1)COCC2. The Labute approximate surface area is 104 Å². The quantitative estimate of drug-likeness (QED) is 0.850. The molecular formula is C9H14ClN3O2S. The molecule has 1 aliphatic rings. The van der Waals surface area contributed by atoms with Gasteiger partial charge in [-0.2, -0.15) is 0 Å². The van der Waals surface area contributed by atoms with Crippen LogP contribution in [0.25, 0.3) is 0 Å². The first kappa shape index (κ1) is 13.4. The largest absolute Gasteiger partial charge is 0.375 e. The van der Waals surface area contributed by atoms with Gasteiger partial charge in [0.25, 0.3) is 0 Å². The summed E-state index contributed by atoms with van der Waals surface area (Å²) in [6.07, 6.45) is 1.17. The maximum atomic E-state index is 11.3. The average molecular weight is 264 g/mol. The molecule has 5 nitrogen and oxygen atoms in total. The van der Waals surface area contributed by atoms with E-state index in [0.717, 1.165) is 17.0 Å². The van der Waals surface area contributed by atoms with E-state index in [2.05, 4.69) is 10.3 Å². The van der Waals surface area contributed by atoms with Crippen LogP contribution in [0.5, 0.6) is 0 Å². The number of carbonyl (C=O) groups excluding carboxylic acids is 1. The van der Waals surface area contributed by atoms with Gasteiger partial charge >= 0.3 is 0 Å². The predicted octanol–water partition coefficient (Wildman–Crippen LogP) is 0.925. The fourth-order valence-electron chi connectivity index (χ4n) is 1.39. The molecular weight excluding hydrogens is 250 g/mol. The van der Waals surface area contributed by atoms with E-state index in [1.165, 1.54) is 11.3 Å². The minimum Gasteiger partial charge on any atom is -0.375 e. The van der Waals surface area contributed by atoms with Crippen LogP contribution in [0.2, 0.25) is 0 Å². The van der Waals surface area contributed by atoms with Crippen LogP contribution in [0.3, 0.4) is 0 Å². The van der Waals surface area contributed by atoms with E-state index in [4.69, 9.17) is 10.5 Å². The molecule has 0 spiro atoms. The number of rotatable bonds is 3. The number of halogens is 1. The van der Waals surface area contributed by atoms with E-state index in [0.29, 0.717) is 31.3 Å². The molecule has 0 bridgehead atoms. The number of carbonyl (C=O) groups is 1. The first-order chi connectivity index (χ1) is 7.29.